The normalized spacial score (nSPS) is 15.3. The Morgan fingerprint density at radius 3 is 2.29 bits per heavy atom. The van der Waals surface area contributed by atoms with Gasteiger partial charge in [0.2, 0.25) is 0 Å². The summed E-state index contributed by atoms with van der Waals surface area (Å²) in [7, 11) is 0. The van der Waals surface area contributed by atoms with Crippen molar-refractivity contribution in [1.82, 2.24) is 0 Å². The molecule has 0 heteroatoms. The first kappa shape index (κ1) is 8.52. The topological polar surface area (TPSA) is 0 Å². The molecular weight excluding hydrogens is 168 g/mol. The summed E-state index contributed by atoms with van der Waals surface area (Å²) >= 11 is 0. The minimum Gasteiger partial charge on any atom is -0.0625 e. The zero-order valence-corrected chi connectivity index (χ0v) is 9.89. The van der Waals surface area contributed by atoms with E-state index in [4.69, 9.17) is 2.74 Å². The highest BCUT2D eigenvalue weighted by atomic mass is 14.2. The predicted octanol–water partition coefficient (Wildman–Crippen LogP) is 4.18. The van der Waals surface area contributed by atoms with Crippen molar-refractivity contribution < 1.29 is 2.74 Å². The summed E-state index contributed by atoms with van der Waals surface area (Å²) in [6, 6.07) is 7.86. The molecule has 0 aliphatic rings. The van der Waals surface area contributed by atoms with Crippen molar-refractivity contribution in [3.63, 3.8) is 0 Å². The Kier molecular flexibility index (Phi) is 2.53. The highest BCUT2D eigenvalue weighted by Crippen LogP contribution is 2.27. The van der Waals surface area contributed by atoms with E-state index < -0.39 is 6.37 Å². The van der Waals surface area contributed by atoms with Crippen LogP contribution >= 0.6 is 0 Å². The molecule has 0 spiro atoms. The van der Waals surface area contributed by atoms with E-state index in [0.29, 0.717) is 0 Å². The Balaban J connectivity index is 3.35. The van der Waals surface area contributed by atoms with Crippen LogP contribution in [0.3, 0.4) is 0 Å². The standard InChI is InChI=1S/C14H22/c1-11(2)10-12-8-6-7-9-13(12)14(3,4)5/h6-9,11H,10H2,1-5H3/i10D2. The first-order valence-electron chi connectivity index (χ1n) is 6.27. The van der Waals surface area contributed by atoms with E-state index in [-0.39, 0.29) is 11.3 Å². The molecule has 0 radical (unpaired) electrons. The fourth-order valence-electron chi connectivity index (χ4n) is 1.57. The molecule has 0 saturated heterocycles. The maximum absolute atomic E-state index is 8.21. The third kappa shape index (κ3) is 2.87. The van der Waals surface area contributed by atoms with Gasteiger partial charge in [-0.3, -0.25) is 0 Å². The molecule has 0 amide bonds. The van der Waals surface area contributed by atoms with Crippen LogP contribution in [0, 0.1) is 5.92 Å². The Labute approximate surface area is 91.2 Å². The molecule has 0 atom stereocenters. The van der Waals surface area contributed by atoms with Gasteiger partial charge >= 0.3 is 0 Å². The lowest BCUT2D eigenvalue weighted by Crippen LogP contribution is -2.15. The molecule has 0 saturated carbocycles. The van der Waals surface area contributed by atoms with Crippen LogP contribution in [-0.2, 0) is 11.8 Å². The highest BCUT2D eigenvalue weighted by molar-refractivity contribution is 5.32. The quantitative estimate of drug-likeness (QED) is 0.659. The van der Waals surface area contributed by atoms with Gasteiger partial charge in [0.15, 0.2) is 0 Å². The van der Waals surface area contributed by atoms with Gasteiger partial charge < -0.3 is 0 Å². The van der Waals surface area contributed by atoms with Crippen LogP contribution in [0.4, 0.5) is 0 Å². The maximum atomic E-state index is 8.21. The number of hydrogen-bond acceptors (Lipinski definition) is 0. The Morgan fingerprint density at radius 2 is 1.79 bits per heavy atom. The molecule has 0 unspecified atom stereocenters. The summed E-state index contributed by atoms with van der Waals surface area (Å²) in [6.45, 7) is 10.2. The molecule has 1 aromatic carbocycles. The molecule has 0 fully saturated rings. The third-order valence-electron chi connectivity index (χ3n) is 2.18. The van der Waals surface area contributed by atoms with Crippen molar-refractivity contribution in [1.29, 1.82) is 0 Å². The van der Waals surface area contributed by atoms with Crippen molar-refractivity contribution in [3.05, 3.63) is 35.4 Å². The van der Waals surface area contributed by atoms with E-state index in [1.807, 2.05) is 38.1 Å². The summed E-state index contributed by atoms with van der Waals surface area (Å²) in [5.74, 6) is -0.0176. The predicted molar refractivity (Wildman–Crippen MR) is 63.7 cm³/mol. The molecule has 0 heterocycles. The monoisotopic (exact) mass is 192 g/mol. The SMILES string of the molecule is [2H]C([2H])(c1ccccc1C(C)(C)C)C(C)C. The van der Waals surface area contributed by atoms with Crippen molar-refractivity contribution in [3.8, 4) is 0 Å². The van der Waals surface area contributed by atoms with Crippen molar-refractivity contribution in [2.24, 2.45) is 5.92 Å². The maximum Gasteiger partial charge on any atom is 0.0319 e. The number of hydrogen-bond donors (Lipinski definition) is 0. The average Bonchev–Trinajstić information content (AvgIpc) is 2.16. The summed E-state index contributed by atoms with van der Waals surface area (Å²) in [6.07, 6.45) is -1.26. The molecule has 0 aromatic heterocycles. The molecule has 1 aromatic rings. The fraction of sp³-hybridized carbons (Fsp3) is 0.571. The molecule has 0 nitrogen and oxygen atoms in total. The summed E-state index contributed by atoms with van der Waals surface area (Å²) in [5.41, 5.74) is 1.92. The Bertz CT molecular complexity index is 359. The van der Waals surface area contributed by atoms with Crippen molar-refractivity contribution in [2.45, 2.75) is 46.4 Å². The third-order valence-corrected chi connectivity index (χ3v) is 2.18. The van der Waals surface area contributed by atoms with Crippen LogP contribution in [0.1, 0.15) is 48.5 Å². The molecule has 0 bridgehead atoms. The van der Waals surface area contributed by atoms with Crippen LogP contribution < -0.4 is 0 Å². The number of rotatable bonds is 2. The molecule has 0 aliphatic heterocycles. The molecule has 14 heavy (non-hydrogen) atoms. The minimum absolute atomic E-state index is 0.0150. The molecular formula is C14H22. The van der Waals surface area contributed by atoms with Gasteiger partial charge in [0.25, 0.3) is 0 Å². The highest BCUT2D eigenvalue weighted by Gasteiger charge is 2.17. The lowest BCUT2D eigenvalue weighted by Gasteiger charge is -2.23. The van der Waals surface area contributed by atoms with Gasteiger partial charge in [-0.1, -0.05) is 58.9 Å². The first-order chi connectivity index (χ1) is 7.17. The van der Waals surface area contributed by atoms with Crippen molar-refractivity contribution in [2.75, 3.05) is 0 Å². The van der Waals surface area contributed by atoms with E-state index in [0.717, 1.165) is 11.1 Å². The first-order valence-corrected chi connectivity index (χ1v) is 5.27. The second-order valence-electron chi connectivity index (χ2n) is 5.09. The average molecular weight is 192 g/mol. The van der Waals surface area contributed by atoms with Crippen molar-refractivity contribution >= 4 is 0 Å². The van der Waals surface area contributed by atoms with Gasteiger partial charge in [0, 0.05) is 2.74 Å². The van der Waals surface area contributed by atoms with Crippen LogP contribution in [-0.4, -0.2) is 0 Å². The van der Waals surface area contributed by atoms with Crippen LogP contribution in [0.15, 0.2) is 24.3 Å². The summed E-state index contributed by atoms with van der Waals surface area (Å²) < 4.78 is 16.4. The van der Waals surface area contributed by atoms with Gasteiger partial charge in [0.05, 0.1) is 0 Å². The summed E-state index contributed by atoms with van der Waals surface area (Å²) in [4.78, 5) is 0. The van der Waals surface area contributed by atoms with Crippen LogP contribution in [0.5, 0.6) is 0 Å². The minimum atomic E-state index is -1.26. The van der Waals surface area contributed by atoms with Gasteiger partial charge in [0.1, 0.15) is 0 Å². The van der Waals surface area contributed by atoms with Crippen LogP contribution in [0.2, 0.25) is 0 Å². The zero-order valence-electron chi connectivity index (χ0n) is 11.9. The van der Waals surface area contributed by atoms with Gasteiger partial charge in [-0.25, -0.2) is 0 Å². The van der Waals surface area contributed by atoms with E-state index in [9.17, 15) is 0 Å². The van der Waals surface area contributed by atoms with Gasteiger partial charge in [-0.05, 0) is 28.8 Å². The second-order valence-corrected chi connectivity index (χ2v) is 5.09. The van der Waals surface area contributed by atoms with E-state index in [2.05, 4.69) is 20.8 Å². The molecule has 0 N–H and O–H groups in total. The lowest BCUT2D eigenvalue weighted by molar-refractivity contribution is 0.566. The van der Waals surface area contributed by atoms with E-state index >= 15 is 0 Å². The largest absolute Gasteiger partial charge is 0.0625 e. The summed E-state index contributed by atoms with van der Waals surface area (Å²) in [5, 5.41) is 0. The Morgan fingerprint density at radius 1 is 1.21 bits per heavy atom. The zero-order chi connectivity index (χ0) is 12.6. The smallest absolute Gasteiger partial charge is 0.0319 e. The van der Waals surface area contributed by atoms with E-state index in [1.54, 1.807) is 0 Å². The molecule has 0 aliphatic carbocycles. The van der Waals surface area contributed by atoms with Crippen LogP contribution in [0.25, 0.3) is 0 Å². The van der Waals surface area contributed by atoms with Gasteiger partial charge in [-0.2, -0.15) is 0 Å². The van der Waals surface area contributed by atoms with Gasteiger partial charge in [-0.15, -0.1) is 0 Å². The van der Waals surface area contributed by atoms with E-state index in [1.165, 1.54) is 0 Å². The fourth-order valence-corrected chi connectivity index (χ4v) is 1.57. The molecule has 78 valence electrons. The Hall–Kier alpha value is -0.780. The second kappa shape index (κ2) is 4.16. The lowest BCUT2D eigenvalue weighted by atomic mass is 9.82. The molecule has 1 rings (SSSR count). The number of benzene rings is 1.